The molecule has 0 spiro atoms. The van der Waals surface area contributed by atoms with Gasteiger partial charge >= 0.3 is 0 Å². The summed E-state index contributed by atoms with van der Waals surface area (Å²) in [4.78, 5) is 0. The molecule has 1 nitrogen and oxygen atoms in total. The summed E-state index contributed by atoms with van der Waals surface area (Å²) >= 11 is 93.0. The number of halogens is 16. The van der Waals surface area contributed by atoms with Crippen molar-refractivity contribution in [2.45, 2.75) is 24.2 Å². The molecule has 0 radical (unpaired) electrons. The summed E-state index contributed by atoms with van der Waals surface area (Å²) in [6, 6.07) is 0. The van der Waals surface area contributed by atoms with Gasteiger partial charge in [0.05, 0.1) is 0 Å². The van der Waals surface area contributed by atoms with Crippen LogP contribution in [0.15, 0.2) is 0 Å². The predicted octanol–water partition coefficient (Wildman–Crippen LogP) is 9.98. The molecule has 0 aliphatic carbocycles. The minimum absolute atomic E-state index is 1.87. The standard InChI is InChI=1S/C8H2Cl16O/c9-3(10,11)1(4(12,13)14)7(21,22)25-8(23,24)2(5(15,16)17)6(18,19)20/h1-2H. The van der Waals surface area contributed by atoms with Crippen molar-refractivity contribution in [1.82, 2.24) is 0 Å². The van der Waals surface area contributed by atoms with Crippen molar-refractivity contribution in [3.8, 4) is 0 Å². The third-order valence-electron chi connectivity index (χ3n) is 2.25. The Labute approximate surface area is 223 Å². The maximum Gasteiger partial charge on any atom is 0.231 e. The summed E-state index contributed by atoms with van der Waals surface area (Å²) < 4.78 is -9.77. The molecule has 0 rings (SSSR count). The first-order valence-corrected chi connectivity index (χ1v) is 11.2. The molecular weight excluding hydrogens is 679 g/mol. The highest BCUT2D eigenvalue weighted by atomic mass is 35.6. The van der Waals surface area contributed by atoms with E-state index in [2.05, 4.69) is 0 Å². The van der Waals surface area contributed by atoms with Crippen molar-refractivity contribution < 1.29 is 4.74 Å². The molecule has 0 atom stereocenters. The smallest absolute Gasteiger partial charge is 0.231 e. The first-order valence-electron chi connectivity index (χ1n) is 5.16. The van der Waals surface area contributed by atoms with Crippen molar-refractivity contribution in [3.63, 3.8) is 0 Å². The lowest BCUT2D eigenvalue weighted by atomic mass is 10.2. The van der Waals surface area contributed by atoms with Gasteiger partial charge in [0.2, 0.25) is 24.2 Å². The van der Waals surface area contributed by atoms with Gasteiger partial charge in [0, 0.05) is 0 Å². The van der Waals surface area contributed by atoms with Gasteiger partial charge in [-0.15, -0.1) is 0 Å². The molecule has 0 N–H and O–H groups in total. The van der Waals surface area contributed by atoms with Crippen LogP contribution in [0, 0.1) is 11.8 Å². The van der Waals surface area contributed by atoms with E-state index in [9.17, 15) is 0 Å². The average Bonchev–Trinajstić information content (AvgIpc) is 1.98. The van der Waals surface area contributed by atoms with Gasteiger partial charge in [0.25, 0.3) is 0 Å². The summed E-state index contributed by atoms with van der Waals surface area (Å²) in [6.45, 7) is 0. The van der Waals surface area contributed by atoms with Crippen LogP contribution in [0.1, 0.15) is 0 Å². The lowest BCUT2D eigenvalue weighted by Gasteiger charge is -2.44. The van der Waals surface area contributed by atoms with E-state index in [1.165, 1.54) is 0 Å². The summed E-state index contributed by atoms with van der Waals surface area (Å²) in [5.41, 5.74) is 0. The summed E-state index contributed by atoms with van der Waals surface area (Å²) in [7, 11) is 0. The second-order valence-electron chi connectivity index (χ2n) is 4.26. The van der Waals surface area contributed by atoms with Crippen LogP contribution < -0.4 is 0 Å². The van der Waals surface area contributed by atoms with Crippen LogP contribution in [0.5, 0.6) is 0 Å². The van der Waals surface area contributed by atoms with Crippen LogP contribution in [-0.2, 0) is 4.74 Å². The van der Waals surface area contributed by atoms with Gasteiger partial charge in [0.1, 0.15) is 11.8 Å². The highest BCUT2D eigenvalue weighted by molar-refractivity contribution is 6.75. The van der Waals surface area contributed by atoms with E-state index in [1.807, 2.05) is 0 Å². The largest absolute Gasteiger partial charge is 0.309 e. The van der Waals surface area contributed by atoms with E-state index in [1.54, 1.807) is 0 Å². The number of ether oxygens (including phenoxy) is 1. The molecule has 0 aromatic carbocycles. The zero-order valence-electron chi connectivity index (χ0n) is 10.6. The van der Waals surface area contributed by atoms with Crippen molar-refractivity contribution in [3.05, 3.63) is 0 Å². The van der Waals surface area contributed by atoms with Crippen molar-refractivity contribution in [2.24, 2.45) is 11.8 Å². The Balaban J connectivity index is 6.06. The SMILES string of the molecule is ClC(Cl)(Cl)C(C(Cl)(Cl)Cl)C(Cl)(Cl)OC(Cl)(Cl)C(C(Cl)(Cl)Cl)C(Cl)(Cl)Cl. The fourth-order valence-electron chi connectivity index (χ4n) is 1.43. The fraction of sp³-hybridized carbons (Fsp3) is 1.00. The molecule has 0 aliphatic heterocycles. The quantitative estimate of drug-likeness (QED) is 0.269. The van der Waals surface area contributed by atoms with E-state index >= 15 is 0 Å². The second kappa shape index (κ2) is 9.62. The number of alkyl halides is 16. The van der Waals surface area contributed by atoms with Crippen LogP contribution in [0.4, 0.5) is 0 Å². The third kappa shape index (κ3) is 9.32. The number of hydrogen-bond acceptors (Lipinski definition) is 1. The normalized spacial score (nSPS) is 16.1. The lowest BCUT2D eigenvalue weighted by molar-refractivity contribution is -0.0312. The van der Waals surface area contributed by atoms with Crippen molar-refractivity contribution in [2.75, 3.05) is 0 Å². The van der Waals surface area contributed by atoms with Gasteiger partial charge in [0.15, 0.2) is 0 Å². The van der Waals surface area contributed by atoms with Crippen LogP contribution in [0.3, 0.4) is 0 Å². The van der Waals surface area contributed by atoms with Gasteiger partial charge in [-0.2, -0.15) is 0 Å². The van der Waals surface area contributed by atoms with E-state index in [-0.39, 0.29) is 0 Å². The average molecular weight is 681 g/mol. The summed E-state index contributed by atoms with van der Waals surface area (Å²) in [5.74, 6) is -3.73. The van der Waals surface area contributed by atoms with Gasteiger partial charge in [-0.1, -0.05) is 186 Å². The van der Waals surface area contributed by atoms with Crippen molar-refractivity contribution in [1.29, 1.82) is 0 Å². The lowest BCUT2D eigenvalue weighted by Crippen LogP contribution is -2.53. The van der Waals surface area contributed by atoms with Gasteiger partial charge in [-0.25, -0.2) is 0 Å². The monoisotopic (exact) mass is 674 g/mol. The molecule has 0 saturated carbocycles. The van der Waals surface area contributed by atoms with Crippen LogP contribution in [0.2, 0.25) is 0 Å². The van der Waals surface area contributed by atoms with E-state index < -0.39 is 36.0 Å². The Morgan fingerprint density at radius 1 is 0.360 bits per heavy atom. The van der Waals surface area contributed by atoms with E-state index in [0.717, 1.165) is 0 Å². The number of hydrogen-bond donors (Lipinski definition) is 0. The Bertz CT molecular complexity index is 379. The number of rotatable bonds is 4. The highest BCUT2D eigenvalue weighted by Gasteiger charge is 2.65. The second-order valence-corrected chi connectivity index (χ2v) is 16.4. The summed E-state index contributed by atoms with van der Waals surface area (Å²) in [6.07, 6.45) is 0. The first-order chi connectivity index (χ1) is 10.4. The molecule has 0 aromatic heterocycles. The predicted molar refractivity (Wildman–Crippen MR) is 118 cm³/mol. The van der Waals surface area contributed by atoms with Gasteiger partial charge in [-0.05, 0) is 0 Å². The molecule has 152 valence electrons. The molecule has 0 fully saturated rings. The maximum absolute atomic E-state index is 6.01. The van der Waals surface area contributed by atoms with Crippen LogP contribution in [-0.4, -0.2) is 24.2 Å². The molecule has 0 amide bonds. The van der Waals surface area contributed by atoms with Gasteiger partial charge in [-0.3, -0.25) is 0 Å². The van der Waals surface area contributed by atoms with E-state index in [0.29, 0.717) is 0 Å². The molecule has 0 unspecified atom stereocenters. The molecule has 0 saturated heterocycles. The topological polar surface area (TPSA) is 9.23 Å². The highest BCUT2D eigenvalue weighted by Crippen LogP contribution is 2.62. The van der Waals surface area contributed by atoms with E-state index in [4.69, 9.17) is 190 Å². The zero-order valence-corrected chi connectivity index (χ0v) is 22.7. The Morgan fingerprint density at radius 3 is 0.640 bits per heavy atom. The summed E-state index contributed by atoms with van der Waals surface area (Å²) in [5, 5.41) is 0. The zero-order chi connectivity index (χ0) is 20.9. The molecule has 0 aromatic rings. The molecule has 25 heavy (non-hydrogen) atoms. The van der Waals surface area contributed by atoms with Crippen LogP contribution in [0.25, 0.3) is 0 Å². The molecule has 0 heterocycles. The third-order valence-corrected chi connectivity index (χ3v) is 6.05. The molecular formula is C8H2Cl16O. The van der Waals surface area contributed by atoms with Crippen molar-refractivity contribution >= 4 is 186 Å². The van der Waals surface area contributed by atoms with Gasteiger partial charge < -0.3 is 4.74 Å². The van der Waals surface area contributed by atoms with Crippen LogP contribution >= 0.6 is 186 Å². The fourth-order valence-corrected chi connectivity index (χ4v) is 9.54. The first kappa shape index (κ1) is 29.6. The molecule has 17 heteroatoms. The Kier molecular flexibility index (Phi) is 11.4. The minimum atomic E-state index is -2.68. The Morgan fingerprint density at radius 2 is 0.520 bits per heavy atom. The minimum Gasteiger partial charge on any atom is -0.309 e. The maximum atomic E-state index is 6.01. The molecule has 0 aliphatic rings. The Hall–Kier alpha value is 4.60. The molecule has 0 bridgehead atoms.